The van der Waals surface area contributed by atoms with Gasteiger partial charge < -0.3 is 9.42 Å². The first-order valence-corrected chi connectivity index (χ1v) is 10.1. The molecular formula is C15H19N3O4S2. The number of carbonyl (C=O) groups is 1. The number of nitrogens with zero attached hydrogens (tertiary/aromatic N) is 2. The molecule has 0 unspecified atom stereocenters. The lowest BCUT2D eigenvalue weighted by Crippen LogP contribution is -2.44. The van der Waals surface area contributed by atoms with Crippen LogP contribution >= 0.6 is 11.3 Å². The molecular weight excluding hydrogens is 350 g/mol. The van der Waals surface area contributed by atoms with E-state index in [0.29, 0.717) is 12.3 Å². The molecule has 1 amide bonds. The van der Waals surface area contributed by atoms with E-state index in [-0.39, 0.29) is 22.7 Å². The molecule has 130 valence electrons. The fraction of sp³-hybridized carbons (Fsp3) is 0.467. The summed E-state index contributed by atoms with van der Waals surface area (Å²) in [5.41, 5.74) is 0.724. The van der Waals surface area contributed by atoms with Gasteiger partial charge in [-0.15, -0.1) is 11.3 Å². The Bertz CT molecular complexity index is 799. The molecule has 1 aliphatic rings. The Kier molecular flexibility index (Phi) is 5.02. The van der Waals surface area contributed by atoms with Crippen molar-refractivity contribution < 1.29 is 17.7 Å². The third-order valence-corrected chi connectivity index (χ3v) is 6.78. The van der Waals surface area contributed by atoms with E-state index in [1.165, 1.54) is 6.07 Å². The quantitative estimate of drug-likeness (QED) is 0.871. The molecule has 1 aliphatic heterocycles. The largest absolute Gasteiger partial charge is 0.361 e. The zero-order valence-electron chi connectivity index (χ0n) is 13.3. The van der Waals surface area contributed by atoms with Crippen LogP contribution in [0.3, 0.4) is 0 Å². The van der Waals surface area contributed by atoms with Crippen molar-refractivity contribution >= 4 is 27.3 Å². The molecule has 0 saturated carbocycles. The van der Waals surface area contributed by atoms with Gasteiger partial charge in [-0.2, -0.15) is 0 Å². The van der Waals surface area contributed by atoms with Gasteiger partial charge >= 0.3 is 0 Å². The third-order valence-electron chi connectivity index (χ3n) is 3.98. The predicted octanol–water partition coefficient (Wildman–Crippen LogP) is 2.08. The maximum absolute atomic E-state index is 12.5. The van der Waals surface area contributed by atoms with Crippen LogP contribution in [0.1, 0.15) is 36.8 Å². The van der Waals surface area contributed by atoms with Gasteiger partial charge in [0, 0.05) is 12.6 Å². The molecule has 0 spiro atoms. The minimum atomic E-state index is -3.64. The molecule has 7 nitrogen and oxygen atoms in total. The van der Waals surface area contributed by atoms with Crippen LogP contribution in [0.5, 0.6) is 0 Å². The molecule has 0 aromatic carbocycles. The van der Waals surface area contributed by atoms with E-state index in [1.807, 2.05) is 6.07 Å². The zero-order valence-corrected chi connectivity index (χ0v) is 14.9. The number of amides is 1. The summed E-state index contributed by atoms with van der Waals surface area (Å²) >= 11 is 1.12. The molecule has 24 heavy (non-hydrogen) atoms. The molecule has 2 aromatic rings. The van der Waals surface area contributed by atoms with Crippen LogP contribution in [0.15, 0.2) is 32.3 Å². The van der Waals surface area contributed by atoms with Crippen molar-refractivity contribution in [3.05, 3.63) is 35.0 Å². The molecule has 1 N–H and O–H groups in total. The lowest BCUT2D eigenvalue weighted by molar-refractivity contribution is -0.133. The van der Waals surface area contributed by atoms with Gasteiger partial charge in [-0.1, -0.05) is 11.2 Å². The Morgan fingerprint density at radius 2 is 2.33 bits per heavy atom. The van der Waals surface area contributed by atoms with Crippen molar-refractivity contribution in [3.8, 4) is 0 Å². The zero-order chi connectivity index (χ0) is 17.2. The Hall–Kier alpha value is -1.71. The Morgan fingerprint density at radius 1 is 1.50 bits per heavy atom. The highest BCUT2D eigenvalue weighted by Crippen LogP contribution is 2.30. The average Bonchev–Trinajstić information content (AvgIpc) is 3.24. The van der Waals surface area contributed by atoms with E-state index >= 15 is 0 Å². The first-order valence-electron chi connectivity index (χ1n) is 7.73. The Labute approximate surface area is 144 Å². The number of piperidine rings is 1. The normalized spacial score (nSPS) is 18.7. The van der Waals surface area contributed by atoms with Gasteiger partial charge in [0.15, 0.2) is 0 Å². The van der Waals surface area contributed by atoms with E-state index in [0.717, 1.165) is 36.3 Å². The van der Waals surface area contributed by atoms with Crippen LogP contribution in [0.25, 0.3) is 0 Å². The number of nitrogens with one attached hydrogen (secondary N) is 1. The lowest BCUT2D eigenvalue weighted by atomic mass is 9.99. The van der Waals surface area contributed by atoms with Crippen molar-refractivity contribution in [3.63, 3.8) is 0 Å². The maximum atomic E-state index is 12.5. The van der Waals surface area contributed by atoms with Gasteiger partial charge in [0.25, 0.3) is 10.0 Å². The minimum Gasteiger partial charge on any atom is -0.361 e. The molecule has 1 atom stereocenters. The van der Waals surface area contributed by atoms with Gasteiger partial charge in [0.05, 0.1) is 12.6 Å². The van der Waals surface area contributed by atoms with E-state index in [4.69, 9.17) is 4.52 Å². The van der Waals surface area contributed by atoms with Crippen molar-refractivity contribution in [1.29, 1.82) is 0 Å². The van der Waals surface area contributed by atoms with Gasteiger partial charge in [-0.3, -0.25) is 4.79 Å². The summed E-state index contributed by atoms with van der Waals surface area (Å²) in [6, 6.07) is 4.84. The highest BCUT2D eigenvalue weighted by molar-refractivity contribution is 7.91. The molecule has 0 radical (unpaired) electrons. The summed E-state index contributed by atoms with van der Waals surface area (Å²) in [5.74, 6) is 0.446. The molecule has 3 heterocycles. The highest BCUT2D eigenvalue weighted by atomic mass is 32.2. The first kappa shape index (κ1) is 17.1. The van der Waals surface area contributed by atoms with Crippen LogP contribution in [0.4, 0.5) is 0 Å². The summed E-state index contributed by atoms with van der Waals surface area (Å²) < 4.78 is 32.0. The van der Waals surface area contributed by atoms with Crippen LogP contribution < -0.4 is 4.72 Å². The van der Waals surface area contributed by atoms with Crippen LogP contribution in [0.2, 0.25) is 0 Å². The number of hydrogen-bond donors (Lipinski definition) is 1. The fourth-order valence-electron chi connectivity index (χ4n) is 2.83. The van der Waals surface area contributed by atoms with E-state index < -0.39 is 10.0 Å². The average molecular weight is 369 g/mol. The fourth-order valence-corrected chi connectivity index (χ4v) is 4.84. The molecule has 0 bridgehead atoms. The summed E-state index contributed by atoms with van der Waals surface area (Å²) in [4.78, 5) is 14.2. The number of rotatable bonds is 5. The van der Waals surface area contributed by atoms with Gasteiger partial charge in [-0.05, 0) is 37.6 Å². The second-order valence-corrected chi connectivity index (χ2v) is 8.66. The van der Waals surface area contributed by atoms with Crippen LogP contribution in [-0.4, -0.2) is 37.5 Å². The van der Waals surface area contributed by atoms with Gasteiger partial charge in [-0.25, -0.2) is 13.1 Å². The second-order valence-electron chi connectivity index (χ2n) is 5.72. The number of aryl methyl sites for hydroxylation is 1. The van der Waals surface area contributed by atoms with Crippen molar-refractivity contribution in [2.24, 2.45) is 0 Å². The van der Waals surface area contributed by atoms with Crippen molar-refractivity contribution in [2.45, 2.75) is 36.4 Å². The molecule has 3 rings (SSSR count). The van der Waals surface area contributed by atoms with Crippen molar-refractivity contribution in [2.75, 3.05) is 13.1 Å². The number of likely N-dealkylation sites (tertiary alicyclic amines) is 1. The third kappa shape index (κ3) is 3.68. The smallest absolute Gasteiger partial charge is 0.250 e. The van der Waals surface area contributed by atoms with Gasteiger partial charge in [0.1, 0.15) is 15.7 Å². The number of hydrogen-bond acceptors (Lipinski definition) is 6. The van der Waals surface area contributed by atoms with E-state index in [9.17, 15) is 13.2 Å². The van der Waals surface area contributed by atoms with Gasteiger partial charge in [0.2, 0.25) is 5.91 Å². The summed E-state index contributed by atoms with van der Waals surface area (Å²) in [7, 11) is -3.64. The van der Waals surface area contributed by atoms with Crippen LogP contribution in [-0.2, 0) is 14.8 Å². The Balaban J connectivity index is 1.68. The molecule has 1 fully saturated rings. The van der Waals surface area contributed by atoms with E-state index in [2.05, 4.69) is 9.88 Å². The van der Waals surface area contributed by atoms with E-state index in [1.54, 1.807) is 23.3 Å². The number of sulfonamides is 1. The SMILES string of the molecule is Cc1cc([C@@H]2CCCCN2C(=O)CNS(=O)(=O)c2cccs2)no1. The summed E-state index contributed by atoms with van der Waals surface area (Å²) in [5, 5.41) is 5.70. The second kappa shape index (κ2) is 7.04. The predicted molar refractivity (Wildman–Crippen MR) is 89.1 cm³/mol. The molecule has 2 aromatic heterocycles. The molecule has 9 heteroatoms. The lowest BCUT2D eigenvalue weighted by Gasteiger charge is -2.34. The first-order chi connectivity index (χ1) is 11.5. The number of aromatic nitrogens is 1. The Morgan fingerprint density at radius 3 is 3.00 bits per heavy atom. The standard InChI is InChI=1S/C15H19N3O4S2/c1-11-9-12(17-22-11)13-5-2-3-7-18(13)14(19)10-16-24(20,21)15-6-4-8-23-15/h4,6,8-9,13,16H,2-3,5,7,10H2,1H3/t13-/m0/s1. The monoisotopic (exact) mass is 369 g/mol. The number of thiophene rings is 1. The highest BCUT2D eigenvalue weighted by Gasteiger charge is 2.30. The molecule has 0 aliphatic carbocycles. The topological polar surface area (TPSA) is 92.5 Å². The minimum absolute atomic E-state index is 0.157. The molecule has 1 saturated heterocycles. The van der Waals surface area contributed by atoms with Crippen LogP contribution in [0, 0.1) is 6.92 Å². The summed E-state index contributed by atoms with van der Waals surface area (Å²) in [6.07, 6.45) is 2.70. The summed E-state index contributed by atoms with van der Waals surface area (Å²) in [6.45, 7) is 2.14. The number of carbonyl (C=O) groups excluding carboxylic acids is 1. The van der Waals surface area contributed by atoms with Crippen molar-refractivity contribution in [1.82, 2.24) is 14.8 Å². The maximum Gasteiger partial charge on any atom is 0.250 e.